The second kappa shape index (κ2) is 42.5. The van der Waals surface area contributed by atoms with E-state index in [1.165, 1.54) is 57.3 Å². The Labute approximate surface area is 546 Å². The topological polar surface area (TPSA) is 519 Å². The Kier molecular flexibility index (Phi) is 36.8. The van der Waals surface area contributed by atoms with E-state index in [1.54, 1.807) is 12.2 Å². The van der Waals surface area contributed by atoms with E-state index in [0.29, 0.717) is 19.3 Å². The fourth-order valence-corrected chi connectivity index (χ4v) is 10.3. The van der Waals surface area contributed by atoms with Crippen molar-refractivity contribution in [2.45, 2.75) is 243 Å². The Morgan fingerprint density at radius 3 is 1.54 bits per heavy atom. The number of carbonyl (C=O) groups is 16. The summed E-state index contributed by atoms with van der Waals surface area (Å²) < 4.78 is 0. The third-order valence-electron chi connectivity index (χ3n) is 16.2. The molecule has 0 aliphatic carbocycles. The van der Waals surface area contributed by atoms with Crippen molar-refractivity contribution in [1.29, 1.82) is 0 Å². The molecule has 12 unspecified atom stereocenters. The van der Waals surface area contributed by atoms with Crippen LogP contribution in [0.25, 0.3) is 0 Å². The van der Waals surface area contributed by atoms with Gasteiger partial charge in [0, 0.05) is 31.7 Å². The van der Waals surface area contributed by atoms with Crippen molar-refractivity contribution in [2.75, 3.05) is 26.2 Å². The van der Waals surface area contributed by atoms with Crippen LogP contribution in [0.4, 0.5) is 9.59 Å². The third-order valence-corrected chi connectivity index (χ3v) is 16.2. The van der Waals surface area contributed by atoms with E-state index in [9.17, 15) is 97.1 Å². The molecule has 17 N–H and O–H groups in total. The Bertz CT molecular complexity index is 2630. The number of likely N-dealkylation sites (tertiary alicyclic amines) is 2. The summed E-state index contributed by atoms with van der Waals surface area (Å²) in [6.07, 6.45) is 11.0. The molecule has 34 nitrogen and oxygen atoms in total. The molecule has 0 saturated carbocycles. The zero-order valence-corrected chi connectivity index (χ0v) is 54.8. The summed E-state index contributed by atoms with van der Waals surface area (Å²) in [6.45, 7) is 10.2. The van der Waals surface area contributed by atoms with E-state index < -0.39 is 181 Å². The number of carbonyl (C=O) groups excluding carboxylic acids is 12. The lowest BCUT2D eigenvalue weighted by Gasteiger charge is -2.39. The first-order valence-corrected chi connectivity index (χ1v) is 32.2. The number of rotatable bonds is 43. The molecule has 2 heterocycles. The summed E-state index contributed by atoms with van der Waals surface area (Å²) in [5.74, 6) is -18.9. The standard InChI is InChI=1S/C60H100N14O20/c1-8-9-10-11-12-13-14-15-16-17-18-20-25-62-59(93)68-40(30-46(81)82)51(84)70-49(37(7)65-53(86)41-24-22-26-73(41)32-75)57(90)74-27-21-19-23-42(74)54(87)69-47(34(4)58(91)92)55(88)67-38(28-44(77)78)50(83)63-31-43(76)66-39(29-45(79)80)52(85)72-60(94)71-48(35(5)61)56(89)64-36(6)33(2)3/h32-42,47-49H,8-31,61H2,1-7H3,(H,63,83)(H,64,89)(H,65,86)(H,66,76)(H,67,88)(H,69,87)(H,70,84)(H,77,78)(H,79,80)(H,81,82)(H,91,92)(H2,62,68,93)(H2,71,72,85,94). The number of nitrogens with one attached hydrogen (secondary N) is 11. The van der Waals surface area contributed by atoms with E-state index in [-0.39, 0.29) is 57.3 Å². The van der Waals surface area contributed by atoms with Gasteiger partial charge in [-0.15, -0.1) is 0 Å². The number of carboxylic acid groups (broad SMARTS) is 4. The molecule has 530 valence electrons. The summed E-state index contributed by atoms with van der Waals surface area (Å²) in [7, 11) is 0. The fourth-order valence-electron chi connectivity index (χ4n) is 10.3. The highest BCUT2D eigenvalue weighted by Gasteiger charge is 2.44. The molecular weight excluding hydrogens is 1240 g/mol. The number of amides is 14. The number of imide groups is 1. The number of hydrogen-bond acceptors (Lipinski definition) is 17. The molecule has 0 radical (unpaired) electrons. The van der Waals surface area contributed by atoms with Gasteiger partial charge < -0.3 is 89.1 Å². The lowest BCUT2D eigenvalue weighted by Crippen LogP contribution is -2.66. The average Bonchev–Trinajstić information content (AvgIpc) is 0.925. The molecule has 0 spiro atoms. The van der Waals surface area contributed by atoms with Crippen LogP contribution in [0.2, 0.25) is 0 Å². The van der Waals surface area contributed by atoms with Crippen LogP contribution in [0.1, 0.15) is 177 Å². The number of unbranched alkanes of at least 4 members (excludes halogenated alkanes) is 11. The highest BCUT2D eigenvalue weighted by Crippen LogP contribution is 2.22. The zero-order valence-electron chi connectivity index (χ0n) is 54.8. The van der Waals surface area contributed by atoms with Crippen LogP contribution in [0.15, 0.2) is 0 Å². The summed E-state index contributed by atoms with van der Waals surface area (Å²) in [4.78, 5) is 212. The number of urea groups is 2. The van der Waals surface area contributed by atoms with Crippen molar-refractivity contribution in [1.82, 2.24) is 68.3 Å². The van der Waals surface area contributed by atoms with Gasteiger partial charge in [-0.3, -0.25) is 72.4 Å². The van der Waals surface area contributed by atoms with Crippen LogP contribution in [0.5, 0.6) is 0 Å². The van der Waals surface area contributed by atoms with Crippen LogP contribution in [0, 0.1) is 11.8 Å². The number of aliphatic carboxylic acids is 4. The highest BCUT2D eigenvalue weighted by molar-refractivity contribution is 6.03. The SMILES string of the molecule is CCCCCCCCCCCCCCNC(=O)NC(CC(=O)O)C(=O)NC(C(=O)N1CCCCC1C(=O)NC(C(=O)NC(CC(=O)O)C(=O)NCC(=O)NC(CC(=O)O)C(=O)NC(=O)NC(C(=O)NC(C)C(C)C)C(C)N)C(C)C(=O)O)C(C)NC(=O)C1CCCN1C=O. The summed E-state index contributed by atoms with van der Waals surface area (Å²) in [5, 5.41) is 64.2. The lowest BCUT2D eigenvalue weighted by molar-refractivity contribution is -0.149. The van der Waals surface area contributed by atoms with Gasteiger partial charge in [0.25, 0.3) is 5.91 Å². The highest BCUT2D eigenvalue weighted by atomic mass is 16.4. The monoisotopic (exact) mass is 1340 g/mol. The summed E-state index contributed by atoms with van der Waals surface area (Å²) >= 11 is 0. The van der Waals surface area contributed by atoms with Crippen molar-refractivity contribution in [3.63, 3.8) is 0 Å². The molecule has 12 atom stereocenters. The van der Waals surface area contributed by atoms with Gasteiger partial charge in [0.1, 0.15) is 48.3 Å². The number of hydrogen-bond donors (Lipinski definition) is 16. The molecular formula is C60H100N14O20. The maximum Gasteiger partial charge on any atom is 0.322 e. The molecule has 94 heavy (non-hydrogen) atoms. The first kappa shape index (κ1) is 81.4. The van der Waals surface area contributed by atoms with Gasteiger partial charge in [0.05, 0.1) is 37.8 Å². The van der Waals surface area contributed by atoms with E-state index in [2.05, 4.69) is 44.1 Å². The minimum Gasteiger partial charge on any atom is -0.481 e. The predicted molar refractivity (Wildman–Crippen MR) is 335 cm³/mol. The maximum atomic E-state index is 14.9. The van der Waals surface area contributed by atoms with Gasteiger partial charge >= 0.3 is 35.9 Å². The van der Waals surface area contributed by atoms with Crippen molar-refractivity contribution in [3.8, 4) is 0 Å². The van der Waals surface area contributed by atoms with Crippen LogP contribution >= 0.6 is 0 Å². The Morgan fingerprint density at radius 2 is 1.01 bits per heavy atom. The normalized spacial score (nSPS) is 17.6. The quantitative estimate of drug-likeness (QED) is 0.0251. The second-order valence-corrected chi connectivity index (χ2v) is 24.3. The number of carboxylic acids is 4. The minimum atomic E-state index is -2.15. The van der Waals surface area contributed by atoms with Gasteiger partial charge in [0.2, 0.25) is 53.7 Å². The van der Waals surface area contributed by atoms with Gasteiger partial charge in [-0.1, -0.05) is 91.4 Å². The molecule has 2 fully saturated rings. The Hall–Kier alpha value is -8.72. The second-order valence-electron chi connectivity index (χ2n) is 24.3. The first-order chi connectivity index (χ1) is 44.3. The molecule has 2 aliphatic rings. The molecule has 2 rings (SSSR count). The van der Waals surface area contributed by atoms with Crippen LogP contribution in [-0.4, -0.2) is 218 Å². The van der Waals surface area contributed by atoms with Crippen LogP contribution in [-0.2, 0) is 67.1 Å². The van der Waals surface area contributed by atoms with Crippen molar-refractivity contribution in [2.24, 2.45) is 17.6 Å². The minimum absolute atomic E-state index is 0.0176. The lowest BCUT2D eigenvalue weighted by atomic mass is 9.96. The smallest absolute Gasteiger partial charge is 0.322 e. The van der Waals surface area contributed by atoms with E-state index >= 15 is 0 Å². The van der Waals surface area contributed by atoms with Gasteiger partial charge in [-0.05, 0) is 72.1 Å². The fraction of sp³-hybridized carbons (Fsp3) is 0.733. The largest absolute Gasteiger partial charge is 0.481 e. The molecule has 0 aromatic carbocycles. The van der Waals surface area contributed by atoms with Crippen LogP contribution < -0.4 is 64.2 Å². The zero-order chi connectivity index (χ0) is 70.8. The molecule has 14 amide bonds. The Balaban J connectivity index is 2.35. The van der Waals surface area contributed by atoms with Crippen LogP contribution in [0.3, 0.4) is 0 Å². The van der Waals surface area contributed by atoms with Crippen molar-refractivity contribution in [3.05, 3.63) is 0 Å². The van der Waals surface area contributed by atoms with E-state index in [1.807, 2.05) is 29.8 Å². The average molecular weight is 1340 g/mol. The molecule has 0 aromatic rings. The molecule has 0 aromatic heterocycles. The maximum absolute atomic E-state index is 14.9. The number of nitrogens with two attached hydrogens (primary N) is 1. The van der Waals surface area contributed by atoms with Gasteiger partial charge in [-0.25, -0.2) is 9.59 Å². The summed E-state index contributed by atoms with van der Waals surface area (Å²) in [5.41, 5.74) is 5.89. The van der Waals surface area contributed by atoms with E-state index in [4.69, 9.17) is 5.73 Å². The molecule has 34 heteroatoms. The third kappa shape index (κ3) is 29.5. The van der Waals surface area contributed by atoms with Gasteiger partial charge in [-0.2, -0.15) is 0 Å². The van der Waals surface area contributed by atoms with Gasteiger partial charge in [0.15, 0.2) is 0 Å². The number of nitrogens with zero attached hydrogens (tertiary/aromatic N) is 2. The predicted octanol–water partition coefficient (Wildman–Crippen LogP) is -1.24. The Morgan fingerprint density at radius 1 is 0.489 bits per heavy atom. The molecule has 2 aliphatic heterocycles. The number of piperidine rings is 1. The first-order valence-electron chi connectivity index (χ1n) is 32.2. The summed E-state index contributed by atoms with van der Waals surface area (Å²) in [6, 6.07) is -18.8. The van der Waals surface area contributed by atoms with E-state index in [0.717, 1.165) is 43.9 Å². The molecule has 0 bridgehead atoms. The van der Waals surface area contributed by atoms with Crippen molar-refractivity contribution >= 4 is 95.5 Å². The van der Waals surface area contributed by atoms with Crippen molar-refractivity contribution < 1.29 is 97.1 Å². The molecule has 2 saturated heterocycles.